The van der Waals surface area contributed by atoms with Crippen LogP contribution >= 0.6 is 23.4 Å². The Labute approximate surface area is 152 Å². The highest BCUT2D eigenvalue weighted by Crippen LogP contribution is 2.35. The molecule has 7 heteroatoms. The molecule has 2 aromatic rings. The molecule has 0 radical (unpaired) electrons. The molecular weight excluding hydrogens is 346 g/mol. The summed E-state index contributed by atoms with van der Waals surface area (Å²) >= 11 is 7.83. The van der Waals surface area contributed by atoms with Crippen LogP contribution in [0.25, 0.3) is 0 Å². The van der Waals surface area contributed by atoms with Gasteiger partial charge in [0.15, 0.2) is 16.7 Å². The van der Waals surface area contributed by atoms with Gasteiger partial charge in [0, 0.05) is 36.8 Å². The largest absolute Gasteiger partial charge is 0.493 e. The van der Waals surface area contributed by atoms with Crippen LogP contribution < -0.4 is 14.8 Å². The summed E-state index contributed by atoms with van der Waals surface area (Å²) in [6.07, 6.45) is 3.97. The summed E-state index contributed by atoms with van der Waals surface area (Å²) in [5, 5.41) is 5.05. The Morgan fingerprint density at radius 2 is 2.08 bits per heavy atom. The monoisotopic (exact) mass is 369 g/mol. The Balaban J connectivity index is 2.13. The molecule has 0 aliphatic rings. The van der Waals surface area contributed by atoms with Gasteiger partial charge in [0.05, 0.1) is 25.1 Å². The van der Waals surface area contributed by atoms with Crippen LogP contribution in [0.1, 0.15) is 25.1 Å². The Kier molecular flexibility index (Phi) is 6.83. The molecule has 0 spiro atoms. The molecule has 1 heterocycles. The van der Waals surface area contributed by atoms with Crippen molar-refractivity contribution < 1.29 is 9.47 Å². The molecule has 0 amide bonds. The van der Waals surface area contributed by atoms with Crippen molar-refractivity contribution in [2.75, 3.05) is 13.4 Å². The smallest absolute Gasteiger partial charge is 0.167 e. The number of hydrogen-bond acceptors (Lipinski definition) is 5. The number of rotatable bonds is 8. The van der Waals surface area contributed by atoms with Crippen molar-refractivity contribution in [3.63, 3.8) is 0 Å². The third-order valence-corrected chi connectivity index (χ3v) is 4.48. The molecule has 24 heavy (non-hydrogen) atoms. The first-order valence-electron chi connectivity index (χ1n) is 7.74. The van der Waals surface area contributed by atoms with Crippen LogP contribution in [0.3, 0.4) is 0 Å². The van der Waals surface area contributed by atoms with E-state index in [-0.39, 0.29) is 6.10 Å². The molecule has 0 unspecified atom stereocenters. The van der Waals surface area contributed by atoms with Crippen molar-refractivity contribution >= 4 is 23.4 Å². The fraction of sp³-hybridized carbons (Fsp3) is 0.471. The van der Waals surface area contributed by atoms with E-state index in [1.54, 1.807) is 24.9 Å². The van der Waals surface area contributed by atoms with Gasteiger partial charge in [-0.2, -0.15) is 0 Å². The number of methoxy groups -OCH3 is 1. The standard InChI is InChI=1S/C17H24ClN3O2S/c1-11(2)23-16-12(6-13(18)7-15(16)22-4)8-19-9-14-10-20-17(24-5)21(14)3/h6-7,10-11,19H,8-9H2,1-5H3. The van der Waals surface area contributed by atoms with Crippen molar-refractivity contribution in [3.8, 4) is 11.5 Å². The van der Waals surface area contributed by atoms with Gasteiger partial charge >= 0.3 is 0 Å². The van der Waals surface area contributed by atoms with Gasteiger partial charge in [-0.25, -0.2) is 4.98 Å². The van der Waals surface area contributed by atoms with E-state index in [1.165, 1.54) is 0 Å². The second-order valence-electron chi connectivity index (χ2n) is 5.66. The maximum absolute atomic E-state index is 6.20. The molecular formula is C17H24ClN3O2S. The lowest BCUT2D eigenvalue weighted by atomic mass is 10.1. The normalized spacial score (nSPS) is 11.1. The van der Waals surface area contributed by atoms with Gasteiger partial charge in [0.2, 0.25) is 0 Å². The first-order valence-corrected chi connectivity index (χ1v) is 9.34. The Morgan fingerprint density at radius 1 is 1.33 bits per heavy atom. The van der Waals surface area contributed by atoms with E-state index in [2.05, 4.69) is 14.9 Å². The van der Waals surface area contributed by atoms with Crippen LogP contribution in [-0.4, -0.2) is 29.0 Å². The molecule has 1 aromatic heterocycles. The van der Waals surface area contributed by atoms with E-state index in [4.69, 9.17) is 21.1 Å². The molecule has 5 nitrogen and oxygen atoms in total. The Bertz CT molecular complexity index is 689. The number of nitrogens with zero attached hydrogens (tertiary/aromatic N) is 2. The van der Waals surface area contributed by atoms with E-state index in [1.807, 2.05) is 39.4 Å². The summed E-state index contributed by atoms with van der Waals surface area (Å²) in [5.41, 5.74) is 2.10. The summed E-state index contributed by atoms with van der Waals surface area (Å²) in [5.74, 6) is 1.39. The van der Waals surface area contributed by atoms with Gasteiger partial charge in [-0.3, -0.25) is 0 Å². The molecule has 0 saturated carbocycles. The van der Waals surface area contributed by atoms with E-state index in [0.29, 0.717) is 23.9 Å². The van der Waals surface area contributed by atoms with Gasteiger partial charge in [0.25, 0.3) is 0 Å². The molecule has 1 aromatic carbocycles. The molecule has 0 aliphatic heterocycles. The zero-order chi connectivity index (χ0) is 17.7. The van der Waals surface area contributed by atoms with Gasteiger partial charge in [-0.05, 0) is 26.2 Å². The van der Waals surface area contributed by atoms with Crippen LogP contribution in [0.5, 0.6) is 11.5 Å². The molecule has 0 aliphatic carbocycles. The minimum Gasteiger partial charge on any atom is -0.493 e. The fourth-order valence-corrected chi connectivity index (χ4v) is 3.16. The first-order chi connectivity index (χ1) is 11.5. The average Bonchev–Trinajstić information content (AvgIpc) is 2.89. The lowest BCUT2D eigenvalue weighted by Gasteiger charge is -2.18. The molecule has 132 valence electrons. The van der Waals surface area contributed by atoms with Crippen LogP contribution in [0.2, 0.25) is 5.02 Å². The second-order valence-corrected chi connectivity index (χ2v) is 6.87. The van der Waals surface area contributed by atoms with Crippen LogP contribution in [0.4, 0.5) is 0 Å². The highest BCUT2D eigenvalue weighted by molar-refractivity contribution is 7.98. The maximum Gasteiger partial charge on any atom is 0.167 e. The number of halogens is 1. The number of imidazole rings is 1. The topological polar surface area (TPSA) is 48.3 Å². The van der Waals surface area contributed by atoms with Crippen molar-refractivity contribution in [3.05, 3.63) is 34.6 Å². The quantitative estimate of drug-likeness (QED) is 0.715. The van der Waals surface area contributed by atoms with Gasteiger partial charge in [0.1, 0.15) is 0 Å². The van der Waals surface area contributed by atoms with E-state index in [9.17, 15) is 0 Å². The minimum absolute atomic E-state index is 0.0556. The van der Waals surface area contributed by atoms with Gasteiger partial charge < -0.3 is 19.4 Å². The number of thioether (sulfide) groups is 1. The second kappa shape index (κ2) is 8.65. The molecule has 0 bridgehead atoms. The zero-order valence-electron chi connectivity index (χ0n) is 14.7. The first kappa shape index (κ1) is 19.0. The van der Waals surface area contributed by atoms with E-state index < -0.39 is 0 Å². The van der Waals surface area contributed by atoms with E-state index in [0.717, 1.165) is 22.2 Å². The lowest BCUT2D eigenvalue weighted by Crippen LogP contribution is -2.17. The zero-order valence-corrected chi connectivity index (χ0v) is 16.3. The SMILES string of the molecule is COc1cc(Cl)cc(CNCc2cnc(SC)n2C)c1OC(C)C. The molecule has 0 atom stereocenters. The number of ether oxygens (including phenoxy) is 2. The Hall–Kier alpha value is -1.37. The number of nitrogens with one attached hydrogen (secondary N) is 1. The molecule has 0 fully saturated rings. The van der Waals surface area contributed by atoms with Crippen molar-refractivity contribution in [1.29, 1.82) is 0 Å². The highest BCUT2D eigenvalue weighted by atomic mass is 35.5. The van der Waals surface area contributed by atoms with Crippen LogP contribution in [-0.2, 0) is 20.1 Å². The average molecular weight is 370 g/mol. The predicted octanol–water partition coefficient (Wildman–Crippen LogP) is 3.88. The summed E-state index contributed by atoms with van der Waals surface area (Å²) in [7, 11) is 3.64. The Morgan fingerprint density at radius 3 is 2.67 bits per heavy atom. The third kappa shape index (κ3) is 4.59. The van der Waals surface area contributed by atoms with Crippen LogP contribution in [0.15, 0.2) is 23.5 Å². The summed E-state index contributed by atoms with van der Waals surface area (Å²) in [6.45, 7) is 5.31. The third-order valence-electron chi connectivity index (χ3n) is 3.52. The minimum atomic E-state index is 0.0556. The fourth-order valence-electron chi connectivity index (χ4n) is 2.38. The van der Waals surface area contributed by atoms with Crippen molar-refractivity contribution in [1.82, 2.24) is 14.9 Å². The van der Waals surface area contributed by atoms with Crippen LogP contribution in [0, 0.1) is 0 Å². The summed E-state index contributed by atoms with van der Waals surface area (Å²) in [4.78, 5) is 4.38. The summed E-state index contributed by atoms with van der Waals surface area (Å²) < 4.78 is 13.4. The number of benzene rings is 1. The number of aromatic nitrogens is 2. The molecule has 1 N–H and O–H groups in total. The van der Waals surface area contributed by atoms with E-state index >= 15 is 0 Å². The molecule has 2 rings (SSSR count). The number of hydrogen-bond donors (Lipinski definition) is 1. The highest BCUT2D eigenvalue weighted by Gasteiger charge is 2.14. The maximum atomic E-state index is 6.20. The molecule has 0 saturated heterocycles. The van der Waals surface area contributed by atoms with Gasteiger partial charge in [-0.1, -0.05) is 23.4 Å². The predicted molar refractivity (Wildman–Crippen MR) is 99.3 cm³/mol. The van der Waals surface area contributed by atoms with Crippen molar-refractivity contribution in [2.24, 2.45) is 7.05 Å². The van der Waals surface area contributed by atoms with Crippen molar-refractivity contribution in [2.45, 2.75) is 38.2 Å². The van der Waals surface area contributed by atoms with Gasteiger partial charge in [-0.15, -0.1) is 0 Å². The lowest BCUT2D eigenvalue weighted by molar-refractivity contribution is 0.227. The summed E-state index contributed by atoms with van der Waals surface area (Å²) in [6, 6.07) is 3.68.